The number of rotatable bonds is 5. The van der Waals surface area contributed by atoms with Gasteiger partial charge < -0.3 is 14.6 Å². The van der Waals surface area contributed by atoms with Crippen LogP contribution in [0.4, 0.5) is 0 Å². The number of hydrogen-bond donors (Lipinski definition) is 1. The van der Waals surface area contributed by atoms with Crippen LogP contribution < -0.4 is 10.9 Å². The average Bonchev–Trinajstić information content (AvgIpc) is 3.36. The fraction of sp³-hybridized carbons (Fsp3) is 0.389. The third-order valence-corrected chi connectivity index (χ3v) is 4.48. The molecule has 1 unspecified atom stereocenters. The van der Waals surface area contributed by atoms with Crippen LogP contribution in [0, 0.1) is 6.92 Å². The molecule has 2 aromatic heterocycles. The van der Waals surface area contributed by atoms with E-state index in [1.54, 1.807) is 12.1 Å². The molecule has 1 aliphatic heterocycles. The van der Waals surface area contributed by atoms with Crippen molar-refractivity contribution < 1.29 is 14.1 Å². The van der Waals surface area contributed by atoms with Crippen molar-refractivity contribution in [2.75, 3.05) is 6.61 Å². The van der Waals surface area contributed by atoms with E-state index in [9.17, 15) is 9.59 Å². The topological polar surface area (TPSA) is 112 Å². The highest BCUT2D eigenvalue weighted by molar-refractivity contribution is 5.83. The number of carbonyl (C=O) groups excluding carboxylic acids is 1. The maximum atomic E-state index is 12.5. The van der Waals surface area contributed by atoms with Crippen molar-refractivity contribution in [1.29, 1.82) is 0 Å². The van der Waals surface area contributed by atoms with Gasteiger partial charge in [0.15, 0.2) is 5.82 Å². The quantitative estimate of drug-likeness (QED) is 0.720. The number of ether oxygens (including phenoxy) is 1. The summed E-state index contributed by atoms with van der Waals surface area (Å²) in [6.07, 6.45) is 1.65. The van der Waals surface area contributed by atoms with Crippen LogP contribution in [-0.4, -0.2) is 32.4 Å². The molecule has 1 amide bonds. The summed E-state index contributed by atoms with van der Waals surface area (Å²) in [5.41, 5.74) is 0.393. The first-order valence-electron chi connectivity index (χ1n) is 8.79. The Morgan fingerprint density at radius 2 is 2.15 bits per heavy atom. The van der Waals surface area contributed by atoms with Crippen molar-refractivity contribution in [2.24, 2.45) is 0 Å². The fourth-order valence-electron chi connectivity index (χ4n) is 3.12. The van der Waals surface area contributed by atoms with Crippen molar-refractivity contribution >= 4 is 16.7 Å². The Morgan fingerprint density at radius 3 is 2.93 bits per heavy atom. The van der Waals surface area contributed by atoms with Crippen molar-refractivity contribution in [1.82, 2.24) is 25.2 Å². The van der Waals surface area contributed by atoms with Crippen LogP contribution in [0.2, 0.25) is 0 Å². The zero-order valence-corrected chi connectivity index (χ0v) is 14.8. The molecule has 9 nitrogen and oxygen atoms in total. The van der Waals surface area contributed by atoms with E-state index in [2.05, 4.69) is 20.6 Å². The molecule has 1 aromatic carbocycles. The zero-order valence-electron chi connectivity index (χ0n) is 14.8. The molecule has 0 spiro atoms. The van der Waals surface area contributed by atoms with Crippen LogP contribution in [0.3, 0.4) is 0 Å². The monoisotopic (exact) mass is 369 g/mol. The minimum atomic E-state index is -0.359. The predicted molar refractivity (Wildman–Crippen MR) is 94.8 cm³/mol. The van der Waals surface area contributed by atoms with Gasteiger partial charge in [-0.2, -0.15) is 10.1 Å². The van der Waals surface area contributed by atoms with Crippen LogP contribution in [0.1, 0.15) is 36.4 Å². The summed E-state index contributed by atoms with van der Waals surface area (Å²) in [4.78, 5) is 29.0. The number of aryl methyl sites for hydroxylation is 1. The van der Waals surface area contributed by atoms with Gasteiger partial charge in [-0.3, -0.25) is 9.59 Å². The summed E-state index contributed by atoms with van der Waals surface area (Å²) in [6, 6.07) is 7.21. The molecule has 140 valence electrons. The first-order valence-corrected chi connectivity index (χ1v) is 8.79. The van der Waals surface area contributed by atoms with E-state index in [0.717, 1.165) is 18.2 Å². The Hall–Kier alpha value is -3.07. The lowest BCUT2D eigenvalue weighted by Gasteiger charge is -2.08. The van der Waals surface area contributed by atoms with Gasteiger partial charge in [-0.15, -0.1) is 0 Å². The van der Waals surface area contributed by atoms with E-state index in [0.29, 0.717) is 29.4 Å². The molecule has 0 saturated carbocycles. The molecule has 3 aromatic rings. The van der Waals surface area contributed by atoms with Crippen molar-refractivity contribution in [3.63, 3.8) is 0 Å². The van der Waals surface area contributed by atoms with Gasteiger partial charge in [-0.05, 0) is 25.8 Å². The molecule has 1 atom stereocenters. The van der Waals surface area contributed by atoms with Gasteiger partial charge in [-0.1, -0.05) is 23.4 Å². The smallest absolute Gasteiger partial charge is 0.275 e. The number of carbonyl (C=O) groups is 1. The summed E-state index contributed by atoms with van der Waals surface area (Å²) < 4.78 is 11.8. The third-order valence-electron chi connectivity index (χ3n) is 4.48. The second kappa shape index (κ2) is 7.28. The minimum Gasteiger partial charge on any atom is -0.368 e. The lowest BCUT2D eigenvalue weighted by molar-refractivity contribution is -0.122. The second-order valence-electron chi connectivity index (χ2n) is 6.42. The number of nitrogens with one attached hydrogen (secondary N) is 1. The molecule has 9 heteroatoms. The molecule has 27 heavy (non-hydrogen) atoms. The van der Waals surface area contributed by atoms with Crippen LogP contribution >= 0.6 is 0 Å². The Morgan fingerprint density at radius 1 is 1.33 bits per heavy atom. The maximum absolute atomic E-state index is 12.5. The lowest BCUT2D eigenvalue weighted by Crippen LogP contribution is -2.34. The molecule has 1 aliphatic rings. The molecule has 3 heterocycles. The Balaban J connectivity index is 1.42. The molecule has 1 saturated heterocycles. The highest BCUT2D eigenvalue weighted by atomic mass is 16.5. The van der Waals surface area contributed by atoms with E-state index in [1.165, 1.54) is 4.68 Å². The van der Waals surface area contributed by atoms with Gasteiger partial charge in [0.2, 0.25) is 5.91 Å². The van der Waals surface area contributed by atoms with Crippen molar-refractivity contribution in [2.45, 2.75) is 39.0 Å². The number of fused-ring (bicyclic) bond motifs is 1. The number of nitrogens with zero attached hydrogens (tertiary/aromatic N) is 4. The minimum absolute atomic E-state index is 0.108. The summed E-state index contributed by atoms with van der Waals surface area (Å²) in [7, 11) is 0. The first-order chi connectivity index (χ1) is 13.1. The summed E-state index contributed by atoms with van der Waals surface area (Å²) >= 11 is 0. The molecule has 4 rings (SSSR count). The SMILES string of the molecule is Cc1nn(CC(=O)NCc2noc(C3CCCO3)n2)c(=O)c2ccccc12. The standard InChI is InChI=1S/C18H19N5O4/c1-11-12-5-2-3-6-13(12)18(25)23(21-11)10-16(24)19-9-15-20-17(27-22-15)14-7-4-8-26-14/h2-3,5-6,14H,4,7-10H2,1H3,(H,19,24). The van der Waals surface area contributed by atoms with Gasteiger partial charge in [0.25, 0.3) is 11.4 Å². The van der Waals surface area contributed by atoms with Gasteiger partial charge >= 0.3 is 0 Å². The van der Waals surface area contributed by atoms with E-state index in [4.69, 9.17) is 9.26 Å². The third kappa shape index (κ3) is 3.59. The van der Waals surface area contributed by atoms with Gasteiger partial charge in [0.05, 0.1) is 17.6 Å². The van der Waals surface area contributed by atoms with E-state index >= 15 is 0 Å². The van der Waals surface area contributed by atoms with Crippen LogP contribution in [0.15, 0.2) is 33.6 Å². The van der Waals surface area contributed by atoms with Gasteiger partial charge in [-0.25, -0.2) is 4.68 Å². The molecule has 1 N–H and O–H groups in total. The number of amides is 1. The maximum Gasteiger partial charge on any atom is 0.275 e. The molecule has 0 radical (unpaired) electrons. The average molecular weight is 369 g/mol. The largest absolute Gasteiger partial charge is 0.368 e. The summed E-state index contributed by atoms with van der Waals surface area (Å²) in [5, 5.41) is 12.1. The highest BCUT2D eigenvalue weighted by Crippen LogP contribution is 2.26. The Bertz CT molecular complexity index is 1040. The van der Waals surface area contributed by atoms with Crippen molar-refractivity contribution in [3.8, 4) is 0 Å². The van der Waals surface area contributed by atoms with Crippen molar-refractivity contribution in [3.05, 3.63) is 52.0 Å². The summed E-state index contributed by atoms with van der Waals surface area (Å²) in [5.74, 6) is 0.436. The summed E-state index contributed by atoms with van der Waals surface area (Å²) in [6.45, 7) is 2.42. The van der Waals surface area contributed by atoms with Crippen LogP contribution in [0.5, 0.6) is 0 Å². The van der Waals surface area contributed by atoms with Gasteiger partial charge in [0, 0.05) is 12.0 Å². The van der Waals surface area contributed by atoms with E-state index in [1.807, 2.05) is 19.1 Å². The Labute approximate surface area is 154 Å². The van der Waals surface area contributed by atoms with E-state index < -0.39 is 0 Å². The van der Waals surface area contributed by atoms with E-state index in [-0.39, 0.29) is 30.7 Å². The second-order valence-corrected chi connectivity index (χ2v) is 6.42. The Kier molecular flexibility index (Phi) is 4.68. The molecular formula is C18H19N5O4. The number of hydrogen-bond acceptors (Lipinski definition) is 7. The van der Waals surface area contributed by atoms with Crippen LogP contribution in [-0.2, 0) is 22.6 Å². The molecular weight excluding hydrogens is 350 g/mol. The normalized spacial score (nSPS) is 16.7. The number of benzene rings is 1. The lowest BCUT2D eigenvalue weighted by atomic mass is 10.1. The molecule has 1 fully saturated rings. The highest BCUT2D eigenvalue weighted by Gasteiger charge is 2.23. The molecule has 0 bridgehead atoms. The van der Waals surface area contributed by atoms with Gasteiger partial charge in [0.1, 0.15) is 12.6 Å². The predicted octanol–water partition coefficient (Wildman–Crippen LogP) is 1.26. The fourth-order valence-corrected chi connectivity index (χ4v) is 3.12. The number of aromatic nitrogens is 4. The van der Waals surface area contributed by atoms with Crippen LogP contribution in [0.25, 0.3) is 10.8 Å². The molecule has 0 aliphatic carbocycles. The zero-order chi connectivity index (χ0) is 18.8. The first kappa shape index (κ1) is 17.3.